The van der Waals surface area contributed by atoms with Gasteiger partial charge in [-0.25, -0.2) is 13.8 Å². The standard InChI is InChI=1S/C10H7ClF2N2O2/c11-2-6-5(1-9(16)17)7(10(12)13)4-15-8(6)3-14/h4,10H,1-2H2,(H,16,17). The Bertz CT molecular complexity index is 486. The summed E-state index contributed by atoms with van der Waals surface area (Å²) in [6.45, 7) is 0. The van der Waals surface area contributed by atoms with E-state index < -0.39 is 24.4 Å². The highest BCUT2D eigenvalue weighted by Gasteiger charge is 2.21. The van der Waals surface area contributed by atoms with Gasteiger partial charge in [0.25, 0.3) is 6.43 Å². The molecule has 0 bridgehead atoms. The van der Waals surface area contributed by atoms with Crippen LogP contribution in [0.2, 0.25) is 0 Å². The topological polar surface area (TPSA) is 74.0 Å². The highest BCUT2D eigenvalue weighted by molar-refractivity contribution is 6.17. The highest BCUT2D eigenvalue weighted by atomic mass is 35.5. The van der Waals surface area contributed by atoms with Crippen LogP contribution >= 0.6 is 11.6 Å². The zero-order chi connectivity index (χ0) is 13.0. The second-order valence-electron chi connectivity index (χ2n) is 3.14. The normalized spacial score (nSPS) is 10.3. The van der Waals surface area contributed by atoms with E-state index in [9.17, 15) is 13.6 Å². The van der Waals surface area contributed by atoms with Gasteiger partial charge in [-0.05, 0) is 5.56 Å². The van der Waals surface area contributed by atoms with Crippen molar-refractivity contribution in [3.05, 3.63) is 28.6 Å². The van der Waals surface area contributed by atoms with E-state index in [1.807, 2.05) is 0 Å². The monoisotopic (exact) mass is 260 g/mol. The van der Waals surface area contributed by atoms with Crippen molar-refractivity contribution < 1.29 is 18.7 Å². The second-order valence-corrected chi connectivity index (χ2v) is 3.40. The number of carboxylic acid groups (broad SMARTS) is 1. The quantitative estimate of drug-likeness (QED) is 0.843. The van der Waals surface area contributed by atoms with Crippen LogP contribution in [0.15, 0.2) is 6.20 Å². The van der Waals surface area contributed by atoms with Gasteiger partial charge in [0.2, 0.25) is 0 Å². The third-order valence-electron chi connectivity index (χ3n) is 2.13. The summed E-state index contributed by atoms with van der Waals surface area (Å²) < 4.78 is 25.3. The minimum atomic E-state index is -2.86. The van der Waals surface area contributed by atoms with Gasteiger partial charge < -0.3 is 5.11 Å². The largest absolute Gasteiger partial charge is 0.481 e. The summed E-state index contributed by atoms with van der Waals surface area (Å²) in [6.07, 6.45) is -2.65. The Balaban J connectivity index is 3.45. The first kappa shape index (κ1) is 13.3. The molecular formula is C10H7ClF2N2O2. The number of hydrogen-bond acceptors (Lipinski definition) is 3. The van der Waals surface area contributed by atoms with E-state index in [2.05, 4.69) is 4.98 Å². The van der Waals surface area contributed by atoms with E-state index in [1.54, 1.807) is 6.07 Å². The van der Waals surface area contributed by atoms with E-state index in [1.165, 1.54) is 0 Å². The number of alkyl halides is 3. The van der Waals surface area contributed by atoms with Crippen molar-refractivity contribution in [3.8, 4) is 6.07 Å². The summed E-state index contributed by atoms with van der Waals surface area (Å²) in [5.74, 6) is -1.51. The second kappa shape index (κ2) is 5.55. The van der Waals surface area contributed by atoms with Crippen molar-refractivity contribution in [2.24, 2.45) is 0 Å². The number of nitrogens with zero attached hydrogens (tertiary/aromatic N) is 2. The van der Waals surface area contributed by atoms with E-state index >= 15 is 0 Å². The molecule has 0 aliphatic heterocycles. The van der Waals surface area contributed by atoms with Crippen LogP contribution in [0.1, 0.15) is 28.8 Å². The molecule has 1 heterocycles. The van der Waals surface area contributed by atoms with Gasteiger partial charge >= 0.3 is 5.97 Å². The van der Waals surface area contributed by atoms with Gasteiger partial charge in [0.1, 0.15) is 11.8 Å². The van der Waals surface area contributed by atoms with Gasteiger partial charge in [0.05, 0.1) is 12.3 Å². The van der Waals surface area contributed by atoms with Gasteiger partial charge in [-0.1, -0.05) is 0 Å². The molecular weight excluding hydrogens is 254 g/mol. The van der Waals surface area contributed by atoms with Crippen LogP contribution in [-0.2, 0) is 17.1 Å². The van der Waals surface area contributed by atoms with E-state index in [-0.39, 0.29) is 22.7 Å². The molecule has 0 saturated heterocycles. The molecule has 0 fully saturated rings. The summed E-state index contributed by atoms with van der Waals surface area (Å²) in [5, 5.41) is 17.4. The number of halogens is 3. The molecule has 0 aromatic carbocycles. The molecule has 0 atom stereocenters. The predicted molar refractivity (Wildman–Crippen MR) is 54.8 cm³/mol. The van der Waals surface area contributed by atoms with E-state index in [0.717, 1.165) is 6.20 Å². The maximum atomic E-state index is 12.7. The molecule has 0 saturated carbocycles. The summed E-state index contributed by atoms with van der Waals surface area (Å²) in [7, 11) is 0. The molecule has 1 aromatic heterocycles. The smallest absolute Gasteiger partial charge is 0.307 e. The maximum absolute atomic E-state index is 12.7. The van der Waals surface area contributed by atoms with Crippen molar-refractivity contribution in [1.29, 1.82) is 5.26 Å². The number of aliphatic carboxylic acids is 1. The molecule has 0 aliphatic rings. The molecule has 17 heavy (non-hydrogen) atoms. The molecule has 0 amide bonds. The summed E-state index contributed by atoms with van der Waals surface area (Å²) in [6, 6.07) is 1.69. The maximum Gasteiger partial charge on any atom is 0.307 e. The third-order valence-corrected chi connectivity index (χ3v) is 2.40. The minimum absolute atomic E-state index is 0.0503. The van der Waals surface area contributed by atoms with Crippen molar-refractivity contribution in [2.75, 3.05) is 0 Å². The number of nitriles is 1. The Morgan fingerprint density at radius 2 is 2.24 bits per heavy atom. The van der Waals surface area contributed by atoms with Crippen molar-refractivity contribution in [1.82, 2.24) is 4.98 Å². The SMILES string of the molecule is N#Cc1ncc(C(F)F)c(CC(=O)O)c1CCl. The van der Waals surface area contributed by atoms with Crippen molar-refractivity contribution in [3.63, 3.8) is 0 Å². The molecule has 1 aromatic rings. The van der Waals surface area contributed by atoms with Crippen LogP contribution in [0, 0.1) is 11.3 Å². The lowest BCUT2D eigenvalue weighted by Gasteiger charge is -2.11. The Morgan fingerprint density at radius 3 is 2.65 bits per heavy atom. The zero-order valence-electron chi connectivity index (χ0n) is 8.45. The fraction of sp³-hybridized carbons (Fsp3) is 0.300. The van der Waals surface area contributed by atoms with Gasteiger partial charge in [-0.2, -0.15) is 5.26 Å². The van der Waals surface area contributed by atoms with Crippen molar-refractivity contribution >= 4 is 17.6 Å². The fourth-order valence-electron chi connectivity index (χ4n) is 1.40. The van der Waals surface area contributed by atoms with Crippen LogP contribution in [0.3, 0.4) is 0 Å². The lowest BCUT2D eigenvalue weighted by molar-refractivity contribution is -0.136. The number of carbonyl (C=O) groups is 1. The molecule has 0 spiro atoms. The predicted octanol–water partition coefficient (Wildman–Crippen LogP) is 2.26. The van der Waals surface area contributed by atoms with Crippen LogP contribution in [-0.4, -0.2) is 16.1 Å². The van der Waals surface area contributed by atoms with Crippen LogP contribution in [0.5, 0.6) is 0 Å². The highest BCUT2D eigenvalue weighted by Crippen LogP contribution is 2.27. The molecule has 90 valence electrons. The molecule has 0 unspecified atom stereocenters. The number of rotatable bonds is 4. The zero-order valence-corrected chi connectivity index (χ0v) is 9.21. The Morgan fingerprint density at radius 1 is 1.59 bits per heavy atom. The summed E-state index contributed by atoms with van der Waals surface area (Å²) >= 11 is 5.55. The number of pyridine rings is 1. The van der Waals surface area contributed by atoms with Gasteiger partial charge in [-0.15, -0.1) is 11.6 Å². The lowest BCUT2D eigenvalue weighted by atomic mass is 10.00. The van der Waals surface area contributed by atoms with E-state index in [4.69, 9.17) is 22.0 Å². The number of aromatic nitrogens is 1. The Hall–Kier alpha value is -1.74. The molecule has 0 aliphatic carbocycles. The molecule has 1 N–H and O–H groups in total. The van der Waals surface area contributed by atoms with Crippen molar-refractivity contribution in [2.45, 2.75) is 18.7 Å². The summed E-state index contributed by atoms with van der Waals surface area (Å²) in [5.41, 5.74) is -0.703. The van der Waals surface area contributed by atoms with Gasteiger partial charge in [-0.3, -0.25) is 4.79 Å². The first-order chi connectivity index (χ1) is 8.01. The third kappa shape index (κ3) is 2.88. The first-order valence-corrected chi connectivity index (χ1v) is 5.01. The minimum Gasteiger partial charge on any atom is -0.481 e. The molecule has 4 nitrogen and oxygen atoms in total. The number of carboxylic acids is 1. The van der Waals surface area contributed by atoms with Crippen LogP contribution in [0.25, 0.3) is 0 Å². The lowest BCUT2D eigenvalue weighted by Crippen LogP contribution is -2.10. The van der Waals surface area contributed by atoms with E-state index in [0.29, 0.717) is 0 Å². The average molecular weight is 261 g/mol. The Kier molecular flexibility index (Phi) is 4.35. The Labute approximate surface area is 100 Å². The van der Waals surface area contributed by atoms with Gasteiger partial charge in [0, 0.05) is 17.3 Å². The first-order valence-electron chi connectivity index (χ1n) is 4.47. The van der Waals surface area contributed by atoms with Crippen LogP contribution in [0.4, 0.5) is 8.78 Å². The molecule has 7 heteroatoms. The summed E-state index contributed by atoms with van der Waals surface area (Å²) in [4.78, 5) is 14.2. The molecule has 0 radical (unpaired) electrons. The fourth-order valence-corrected chi connectivity index (χ4v) is 1.68. The van der Waals surface area contributed by atoms with Gasteiger partial charge in [0.15, 0.2) is 0 Å². The van der Waals surface area contributed by atoms with Crippen LogP contribution < -0.4 is 0 Å². The average Bonchev–Trinajstić information content (AvgIpc) is 2.27. The number of hydrogen-bond donors (Lipinski definition) is 1. The molecule has 1 rings (SSSR count).